The van der Waals surface area contributed by atoms with Crippen molar-refractivity contribution in [1.29, 1.82) is 0 Å². The number of nitrogens with zero attached hydrogens (tertiary/aromatic N) is 10. The molecule has 0 aliphatic carbocycles. The number of rotatable bonds is 11. The van der Waals surface area contributed by atoms with Crippen molar-refractivity contribution in [3.05, 3.63) is 352 Å². The van der Waals surface area contributed by atoms with Gasteiger partial charge in [-0.2, -0.15) is 0 Å². The van der Waals surface area contributed by atoms with Crippen LogP contribution in [0.4, 0.5) is 0 Å². The van der Waals surface area contributed by atoms with Crippen LogP contribution in [0.2, 0.25) is 0 Å². The van der Waals surface area contributed by atoms with Crippen molar-refractivity contribution >= 4 is 108 Å². The second-order valence-corrected chi connectivity index (χ2v) is 28.4. The minimum atomic E-state index is 0.647. The second kappa shape index (κ2) is 26.2. The van der Waals surface area contributed by atoms with E-state index in [4.69, 9.17) is 39.9 Å². The van der Waals surface area contributed by atoms with Crippen molar-refractivity contribution in [1.82, 2.24) is 49.0 Å². The summed E-state index contributed by atoms with van der Waals surface area (Å²) in [7, 11) is 0. The Morgan fingerprint density at radius 3 is 0.934 bits per heavy atom. The molecular formula is C94H58N10S2. The van der Waals surface area contributed by atoms with Crippen molar-refractivity contribution in [2.45, 2.75) is 0 Å². The molecule has 496 valence electrons. The van der Waals surface area contributed by atoms with Gasteiger partial charge in [0.15, 0.2) is 34.9 Å². The summed E-state index contributed by atoms with van der Waals surface area (Å²) in [6.07, 6.45) is 0. The highest BCUT2D eigenvalue weighted by Gasteiger charge is 2.20. The van der Waals surface area contributed by atoms with Gasteiger partial charge < -0.3 is 9.13 Å². The molecule has 0 bridgehead atoms. The molecule has 6 heterocycles. The van der Waals surface area contributed by atoms with Crippen molar-refractivity contribution in [2.24, 2.45) is 0 Å². The fourth-order valence-electron chi connectivity index (χ4n) is 14.5. The van der Waals surface area contributed by atoms with E-state index >= 15 is 0 Å². The SMILES string of the molecule is c1ccc(-c2nc(-c3ccccc3)nc(-c3ccc4cc(-c5ccc(-n6c7ccccc7c7ccc(-c8nc9ccccc9s8)cc76)cc5)ccc4c3)n2)cc1.c1ccc(-c2nc(-c3ccccc3)nc(-c3ccc4cc(-n5c6ccccc6c6ccc(-c7nc8ccccc8s7)cc65)ccc4c3)n2)cc1. The zero-order valence-electron chi connectivity index (χ0n) is 56.8. The number of hydrogen-bond donors (Lipinski definition) is 0. The van der Waals surface area contributed by atoms with E-state index < -0.39 is 0 Å². The lowest BCUT2D eigenvalue weighted by atomic mass is 9.99. The van der Waals surface area contributed by atoms with E-state index in [2.05, 4.69) is 228 Å². The molecule has 0 radical (unpaired) electrons. The monoisotopic (exact) mass is 1390 g/mol. The lowest BCUT2D eigenvalue weighted by Gasteiger charge is -2.11. The molecule has 21 rings (SSSR count). The van der Waals surface area contributed by atoms with Crippen molar-refractivity contribution in [2.75, 3.05) is 0 Å². The van der Waals surface area contributed by atoms with Crippen LogP contribution in [-0.4, -0.2) is 49.0 Å². The molecule has 0 saturated heterocycles. The van der Waals surface area contributed by atoms with Crippen LogP contribution in [0.5, 0.6) is 0 Å². The normalized spacial score (nSPS) is 11.6. The van der Waals surface area contributed by atoms with Crippen LogP contribution in [0.25, 0.3) is 198 Å². The Hall–Kier alpha value is -13.8. The maximum atomic E-state index is 4.96. The maximum absolute atomic E-state index is 4.96. The summed E-state index contributed by atoms with van der Waals surface area (Å²) in [4.78, 5) is 39.4. The van der Waals surface area contributed by atoms with Crippen LogP contribution < -0.4 is 0 Å². The van der Waals surface area contributed by atoms with Gasteiger partial charge in [-0.15, -0.1) is 22.7 Å². The number of aromatic nitrogens is 10. The molecule has 6 aromatic heterocycles. The summed E-state index contributed by atoms with van der Waals surface area (Å²) in [5, 5.41) is 11.5. The summed E-state index contributed by atoms with van der Waals surface area (Å²) in [6.45, 7) is 0. The Labute approximate surface area is 616 Å². The van der Waals surface area contributed by atoms with E-state index in [1.807, 2.05) is 133 Å². The van der Waals surface area contributed by atoms with Gasteiger partial charge in [0.1, 0.15) is 10.0 Å². The minimum absolute atomic E-state index is 0.647. The Kier molecular flexibility index (Phi) is 15.4. The molecule has 0 aliphatic rings. The topological polar surface area (TPSA) is 113 Å². The molecule has 0 N–H and O–H groups in total. The quantitative estimate of drug-likeness (QED) is 0.126. The highest BCUT2D eigenvalue weighted by atomic mass is 32.1. The molecule has 15 aromatic carbocycles. The Morgan fingerprint density at radius 1 is 0.189 bits per heavy atom. The summed E-state index contributed by atoms with van der Waals surface area (Å²) in [5.41, 5.74) is 19.3. The number of fused-ring (bicyclic) bond motifs is 10. The first-order valence-electron chi connectivity index (χ1n) is 35.2. The first-order valence-corrected chi connectivity index (χ1v) is 36.8. The predicted octanol–water partition coefficient (Wildman–Crippen LogP) is 24.5. The largest absolute Gasteiger partial charge is 0.309 e. The molecule has 0 unspecified atom stereocenters. The van der Waals surface area contributed by atoms with Gasteiger partial charge in [-0.05, 0) is 124 Å². The lowest BCUT2D eigenvalue weighted by molar-refractivity contribution is 1.07. The average molecular weight is 1390 g/mol. The molecule has 106 heavy (non-hydrogen) atoms. The van der Waals surface area contributed by atoms with Crippen LogP contribution in [0, 0.1) is 0 Å². The molecule has 0 atom stereocenters. The van der Waals surface area contributed by atoms with Crippen molar-refractivity contribution in [3.8, 4) is 112 Å². The molecule has 0 saturated carbocycles. The molecule has 10 nitrogen and oxygen atoms in total. The third kappa shape index (κ3) is 11.5. The number of para-hydroxylation sites is 4. The Bertz CT molecular complexity index is 6770. The standard InChI is InChI=1S/C50H31N5S.C44H27N5S/c1-3-11-33(12-4-1)47-52-48(34-13-5-2-6-14-34)54-49(53-47)38-22-21-36-29-35(19-20-37(36)30-38)32-23-26-40(27-24-32)55-44-17-9-7-15-41(44)42-28-25-39(31-45(42)55)50-51-43-16-8-10-18-46(43)56-50;1-3-11-28(12-4-1)41-46-42(29-13-5-2-6-14-29)48-43(47-41)32-20-19-31-26-34(23-21-30(31)25-32)49-38-17-9-7-15-35(38)36-24-22-33(27-39(36)49)44-45-37-16-8-10-18-40(37)50-44/h1-31H;1-27H. The smallest absolute Gasteiger partial charge is 0.164 e. The van der Waals surface area contributed by atoms with Crippen LogP contribution in [0.15, 0.2) is 352 Å². The molecule has 0 spiro atoms. The van der Waals surface area contributed by atoms with E-state index in [0.29, 0.717) is 34.9 Å². The molecule has 0 aliphatic heterocycles. The van der Waals surface area contributed by atoms with E-state index in [-0.39, 0.29) is 0 Å². The van der Waals surface area contributed by atoms with E-state index in [1.165, 1.54) is 47.5 Å². The van der Waals surface area contributed by atoms with Gasteiger partial charge in [-0.1, -0.05) is 261 Å². The highest BCUT2D eigenvalue weighted by molar-refractivity contribution is 7.22. The molecular weight excluding hydrogens is 1330 g/mol. The molecule has 12 heteroatoms. The molecule has 0 amide bonds. The van der Waals surface area contributed by atoms with Crippen LogP contribution in [0.3, 0.4) is 0 Å². The first-order chi connectivity index (χ1) is 52.5. The minimum Gasteiger partial charge on any atom is -0.309 e. The summed E-state index contributed by atoms with van der Waals surface area (Å²) >= 11 is 3.47. The fourth-order valence-corrected chi connectivity index (χ4v) is 16.4. The van der Waals surface area contributed by atoms with Gasteiger partial charge in [0.25, 0.3) is 0 Å². The fraction of sp³-hybridized carbons (Fsp3) is 0. The highest BCUT2D eigenvalue weighted by Crippen LogP contribution is 2.41. The average Bonchev–Trinajstić information content (AvgIpc) is 1.59. The van der Waals surface area contributed by atoms with Gasteiger partial charge in [0.2, 0.25) is 0 Å². The zero-order valence-corrected chi connectivity index (χ0v) is 58.4. The van der Waals surface area contributed by atoms with Gasteiger partial charge in [-0.3, -0.25) is 0 Å². The molecule has 21 aromatic rings. The first kappa shape index (κ1) is 62.0. The van der Waals surface area contributed by atoms with E-state index in [9.17, 15) is 0 Å². The van der Waals surface area contributed by atoms with Gasteiger partial charge >= 0.3 is 0 Å². The third-order valence-corrected chi connectivity index (χ3v) is 21.9. The van der Waals surface area contributed by atoms with Gasteiger partial charge in [0, 0.05) is 77.4 Å². The molecule has 0 fully saturated rings. The van der Waals surface area contributed by atoms with E-state index in [0.717, 1.165) is 115 Å². The maximum Gasteiger partial charge on any atom is 0.164 e. The number of thiazole rings is 2. The van der Waals surface area contributed by atoms with Crippen LogP contribution in [0.1, 0.15) is 0 Å². The van der Waals surface area contributed by atoms with Crippen LogP contribution in [-0.2, 0) is 0 Å². The van der Waals surface area contributed by atoms with E-state index in [1.54, 1.807) is 22.7 Å². The number of benzene rings is 15. The number of hydrogen-bond acceptors (Lipinski definition) is 10. The summed E-state index contributed by atoms with van der Waals surface area (Å²) in [5.74, 6) is 3.92. The van der Waals surface area contributed by atoms with Gasteiger partial charge in [0.05, 0.1) is 42.5 Å². The predicted molar refractivity (Wildman–Crippen MR) is 439 cm³/mol. The Balaban J connectivity index is 0.000000141. The van der Waals surface area contributed by atoms with Crippen molar-refractivity contribution < 1.29 is 0 Å². The van der Waals surface area contributed by atoms with Crippen LogP contribution >= 0.6 is 22.7 Å². The summed E-state index contributed by atoms with van der Waals surface area (Å²) in [6, 6.07) is 123. The third-order valence-electron chi connectivity index (χ3n) is 19.7. The lowest BCUT2D eigenvalue weighted by Crippen LogP contribution is -2.00. The Morgan fingerprint density at radius 2 is 0.500 bits per heavy atom. The summed E-state index contributed by atoms with van der Waals surface area (Å²) < 4.78 is 7.15. The van der Waals surface area contributed by atoms with Crippen molar-refractivity contribution in [3.63, 3.8) is 0 Å². The van der Waals surface area contributed by atoms with Gasteiger partial charge in [-0.25, -0.2) is 39.9 Å². The second-order valence-electron chi connectivity index (χ2n) is 26.3. The zero-order chi connectivity index (χ0) is 70.0.